The van der Waals surface area contributed by atoms with Crippen LogP contribution in [0.4, 0.5) is 5.82 Å². The monoisotopic (exact) mass is 296 g/mol. The molecule has 0 amide bonds. The number of hydrogen-bond acceptors (Lipinski definition) is 5. The van der Waals surface area contributed by atoms with E-state index in [1.54, 1.807) is 6.33 Å². The zero-order valence-corrected chi connectivity index (χ0v) is 13.0. The Morgan fingerprint density at radius 3 is 2.95 bits per heavy atom. The highest BCUT2D eigenvalue weighted by molar-refractivity contribution is 6.04. The van der Waals surface area contributed by atoms with Crippen LogP contribution in [0.15, 0.2) is 16.8 Å². The summed E-state index contributed by atoms with van der Waals surface area (Å²) in [5.41, 5.74) is 4.79. The maximum atomic E-state index is 5.98. The lowest BCUT2D eigenvalue weighted by Gasteiger charge is -2.13. The van der Waals surface area contributed by atoms with Crippen molar-refractivity contribution in [3.05, 3.63) is 23.7 Å². The van der Waals surface area contributed by atoms with E-state index in [0.29, 0.717) is 17.2 Å². The number of rotatable bonds is 3. The highest BCUT2D eigenvalue weighted by atomic mass is 16.3. The Morgan fingerprint density at radius 1 is 1.23 bits per heavy atom. The Bertz CT molecular complexity index is 837. The second-order valence-corrected chi connectivity index (χ2v) is 6.43. The summed E-state index contributed by atoms with van der Waals surface area (Å²) < 4.78 is 5.98. The van der Waals surface area contributed by atoms with Crippen molar-refractivity contribution >= 4 is 28.0 Å². The number of aromatic nitrogens is 3. The number of aryl methyl sites for hydroxylation is 2. The van der Waals surface area contributed by atoms with Gasteiger partial charge in [-0.05, 0) is 43.2 Å². The minimum atomic E-state index is 0.542. The number of nitrogens with zero attached hydrogens (tertiary/aromatic N) is 3. The minimum Gasteiger partial charge on any atom is -0.432 e. The lowest BCUT2D eigenvalue weighted by Crippen LogP contribution is -2.09. The predicted molar refractivity (Wildman–Crippen MR) is 87.1 cm³/mol. The van der Waals surface area contributed by atoms with Gasteiger partial charge in [-0.3, -0.25) is 0 Å². The Labute approximate surface area is 129 Å². The summed E-state index contributed by atoms with van der Waals surface area (Å²) in [6, 6.07) is 2.21. The van der Waals surface area contributed by atoms with Crippen molar-refractivity contribution in [3.8, 4) is 0 Å². The Kier molecular flexibility index (Phi) is 3.21. The second-order valence-electron chi connectivity index (χ2n) is 6.43. The van der Waals surface area contributed by atoms with Crippen LogP contribution in [0.5, 0.6) is 0 Å². The number of nitrogens with one attached hydrogen (secondary N) is 1. The first-order valence-electron chi connectivity index (χ1n) is 8.02. The highest BCUT2D eigenvalue weighted by Gasteiger charge is 2.18. The average Bonchev–Trinajstić information content (AvgIpc) is 2.88. The first-order valence-corrected chi connectivity index (χ1v) is 8.02. The SMILES string of the molecule is CC(C)CNc1ncnc2c1oc1nc3c(cc12)CCCC3. The van der Waals surface area contributed by atoms with E-state index in [1.165, 1.54) is 24.1 Å². The molecule has 1 aliphatic rings. The van der Waals surface area contributed by atoms with E-state index in [0.717, 1.165) is 36.1 Å². The standard InChI is InChI=1S/C17H20N4O/c1-10(2)8-18-16-15-14(19-9-20-16)12-7-11-5-3-4-6-13(11)21-17(12)22-15/h7,9-10H,3-6,8H2,1-2H3,(H,18,19,20). The fourth-order valence-electron chi connectivity index (χ4n) is 3.05. The van der Waals surface area contributed by atoms with E-state index in [2.05, 4.69) is 35.2 Å². The smallest absolute Gasteiger partial charge is 0.229 e. The van der Waals surface area contributed by atoms with Gasteiger partial charge in [0, 0.05) is 12.2 Å². The third kappa shape index (κ3) is 2.21. The van der Waals surface area contributed by atoms with Gasteiger partial charge in [-0.25, -0.2) is 15.0 Å². The van der Waals surface area contributed by atoms with E-state index < -0.39 is 0 Å². The van der Waals surface area contributed by atoms with Crippen molar-refractivity contribution in [2.45, 2.75) is 39.5 Å². The maximum absolute atomic E-state index is 5.98. The van der Waals surface area contributed by atoms with Crippen LogP contribution >= 0.6 is 0 Å². The van der Waals surface area contributed by atoms with E-state index in [-0.39, 0.29) is 0 Å². The van der Waals surface area contributed by atoms with Gasteiger partial charge >= 0.3 is 0 Å². The van der Waals surface area contributed by atoms with Crippen LogP contribution in [-0.2, 0) is 12.8 Å². The third-order valence-electron chi connectivity index (χ3n) is 4.20. The van der Waals surface area contributed by atoms with Crippen LogP contribution in [0.2, 0.25) is 0 Å². The molecule has 0 spiro atoms. The van der Waals surface area contributed by atoms with E-state index in [4.69, 9.17) is 9.40 Å². The lowest BCUT2D eigenvalue weighted by molar-refractivity contribution is 0.630. The molecule has 0 saturated carbocycles. The van der Waals surface area contributed by atoms with Gasteiger partial charge in [0.25, 0.3) is 0 Å². The fraction of sp³-hybridized carbons (Fsp3) is 0.471. The van der Waals surface area contributed by atoms with Crippen LogP contribution < -0.4 is 5.32 Å². The molecule has 3 aromatic heterocycles. The average molecular weight is 296 g/mol. The van der Waals surface area contributed by atoms with Gasteiger partial charge in [0.15, 0.2) is 11.4 Å². The van der Waals surface area contributed by atoms with Crippen molar-refractivity contribution in [3.63, 3.8) is 0 Å². The molecule has 0 atom stereocenters. The van der Waals surface area contributed by atoms with E-state index >= 15 is 0 Å². The largest absolute Gasteiger partial charge is 0.432 e. The molecule has 0 saturated heterocycles. The zero-order valence-electron chi connectivity index (χ0n) is 13.0. The van der Waals surface area contributed by atoms with Crippen molar-refractivity contribution in [1.82, 2.24) is 15.0 Å². The molecule has 22 heavy (non-hydrogen) atoms. The van der Waals surface area contributed by atoms with Crippen LogP contribution in [0.1, 0.15) is 37.9 Å². The summed E-state index contributed by atoms with van der Waals surface area (Å²) >= 11 is 0. The molecule has 5 heteroatoms. The Morgan fingerprint density at radius 2 is 2.09 bits per heavy atom. The fourth-order valence-corrected chi connectivity index (χ4v) is 3.05. The molecule has 1 N–H and O–H groups in total. The van der Waals surface area contributed by atoms with Crippen LogP contribution in [-0.4, -0.2) is 21.5 Å². The summed E-state index contributed by atoms with van der Waals surface area (Å²) in [6.07, 6.45) is 6.21. The molecule has 4 rings (SSSR count). The first kappa shape index (κ1) is 13.5. The topological polar surface area (TPSA) is 63.8 Å². The third-order valence-corrected chi connectivity index (χ3v) is 4.20. The molecule has 0 fully saturated rings. The molecule has 0 radical (unpaired) electrons. The summed E-state index contributed by atoms with van der Waals surface area (Å²) in [7, 11) is 0. The Balaban J connectivity index is 1.87. The van der Waals surface area contributed by atoms with Crippen LogP contribution in [0.3, 0.4) is 0 Å². The van der Waals surface area contributed by atoms with Crippen molar-refractivity contribution in [1.29, 1.82) is 0 Å². The summed E-state index contributed by atoms with van der Waals surface area (Å²) in [5, 5.41) is 4.35. The zero-order chi connectivity index (χ0) is 15.1. The van der Waals surface area contributed by atoms with Gasteiger partial charge in [-0.15, -0.1) is 0 Å². The molecule has 114 valence electrons. The second kappa shape index (κ2) is 5.23. The Hall–Kier alpha value is -2.17. The van der Waals surface area contributed by atoms with Gasteiger partial charge in [-0.2, -0.15) is 0 Å². The number of pyridine rings is 1. The summed E-state index contributed by atoms with van der Waals surface area (Å²) in [5.74, 6) is 1.30. The van der Waals surface area contributed by atoms with Crippen LogP contribution in [0, 0.1) is 5.92 Å². The lowest BCUT2D eigenvalue weighted by atomic mass is 9.95. The predicted octanol–water partition coefficient (Wildman–Crippen LogP) is 3.72. The van der Waals surface area contributed by atoms with Gasteiger partial charge in [0.05, 0.1) is 5.39 Å². The quantitative estimate of drug-likeness (QED) is 0.798. The van der Waals surface area contributed by atoms with Gasteiger partial charge in [0.2, 0.25) is 5.71 Å². The molecular formula is C17H20N4O. The van der Waals surface area contributed by atoms with Gasteiger partial charge in [0.1, 0.15) is 11.8 Å². The minimum absolute atomic E-state index is 0.542. The molecule has 0 bridgehead atoms. The van der Waals surface area contributed by atoms with Crippen molar-refractivity contribution in [2.75, 3.05) is 11.9 Å². The summed E-state index contributed by atoms with van der Waals surface area (Å²) in [6.45, 7) is 5.19. The van der Waals surface area contributed by atoms with E-state index in [1.807, 2.05) is 0 Å². The van der Waals surface area contributed by atoms with Crippen LogP contribution in [0.25, 0.3) is 22.2 Å². The van der Waals surface area contributed by atoms with Crippen molar-refractivity contribution in [2.24, 2.45) is 5.92 Å². The van der Waals surface area contributed by atoms with Gasteiger partial charge in [-0.1, -0.05) is 13.8 Å². The first-order chi connectivity index (χ1) is 10.7. The number of fused-ring (bicyclic) bond motifs is 4. The molecule has 0 aromatic carbocycles. The van der Waals surface area contributed by atoms with Crippen molar-refractivity contribution < 1.29 is 4.42 Å². The molecule has 3 aromatic rings. The number of furan rings is 1. The molecule has 1 aliphatic carbocycles. The molecular weight excluding hydrogens is 276 g/mol. The molecule has 0 aliphatic heterocycles. The molecule has 5 nitrogen and oxygen atoms in total. The molecule has 0 unspecified atom stereocenters. The highest BCUT2D eigenvalue weighted by Crippen LogP contribution is 2.32. The van der Waals surface area contributed by atoms with Gasteiger partial charge < -0.3 is 9.73 Å². The van der Waals surface area contributed by atoms with E-state index in [9.17, 15) is 0 Å². The summed E-state index contributed by atoms with van der Waals surface area (Å²) in [4.78, 5) is 13.5. The maximum Gasteiger partial charge on any atom is 0.229 e. The number of hydrogen-bond donors (Lipinski definition) is 1. The normalized spacial score (nSPS) is 14.7. The molecule has 3 heterocycles. The number of anilines is 1.